The van der Waals surface area contributed by atoms with Crippen molar-refractivity contribution in [1.82, 2.24) is 4.90 Å². The fraction of sp³-hybridized carbons (Fsp3) is 0.600. The number of rotatable bonds is 3. The summed E-state index contributed by atoms with van der Waals surface area (Å²) in [5.41, 5.74) is 2.78. The topological polar surface area (TPSA) is 12.5 Å². The average Bonchev–Trinajstić information content (AvgIpc) is 2.25. The van der Waals surface area contributed by atoms with Gasteiger partial charge in [0.15, 0.2) is 0 Å². The van der Waals surface area contributed by atoms with Crippen LogP contribution in [0.15, 0.2) is 18.2 Å². The van der Waals surface area contributed by atoms with Gasteiger partial charge in [-0.25, -0.2) is 0 Å². The molecule has 0 spiro atoms. The second-order valence-electron chi connectivity index (χ2n) is 5.85. The third-order valence-corrected chi connectivity index (χ3v) is 3.32. The van der Waals surface area contributed by atoms with E-state index in [1.807, 2.05) is 0 Å². The molecule has 0 radical (unpaired) electrons. The molecule has 0 aliphatic carbocycles. The quantitative estimate of drug-likeness (QED) is 0.793. The second-order valence-corrected chi connectivity index (χ2v) is 5.85. The summed E-state index contributed by atoms with van der Waals surface area (Å²) in [6.45, 7) is 8.90. The summed E-state index contributed by atoms with van der Waals surface area (Å²) < 4.78 is 5.46. The summed E-state index contributed by atoms with van der Waals surface area (Å²) in [6, 6.07) is 6.86. The van der Waals surface area contributed by atoms with Crippen molar-refractivity contribution in [1.29, 1.82) is 0 Å². The van der Waals surface area contributed by atoms with Crippen LogP contribution in [0.2, 0.25) is 0 Å². The molecule has 2 heteroatoms. The van der Waals surface area contributed by atoms with Gasteiger partial charge in [0.25, 0.3) is 0 Å². The molecule has 1 atom stereocenters. The Morgan fingerprint density at radius 1 is 1.18 bits per heavy atom. The third kappa shape index (κ3) is 3.22. The molecule has 0 fully saturated rings. The smallest absolute Gasteiger partial charge is 0.123 e. The van der Waals surface area contributed by atoms with Crippen LogP contribution in [0.3, 0.4) is 0 Å². The van der Waals surface area contributed by atoms with Crippen LogP contribution in [0.4, 0.5) is 0 Å². The minimum absolute atomic E-state index is 0.174. The largest absolute Gasteiger partial charge is 0.496 e. The Morgan fingerprint density at radius 3 is 2.18 bits per heavy atom. The maximum atomic E-state index is 5.46. The lowest BCUT2D eigenvalue weighted by Gasteiger charge is -2.26. The van der Waals surface area contributed by atoms with Gasteiger partial charge in [-0.3, -0.25) is 0 Å². The van der Waals surface area contributed by atoms with Crippen molar-refractivity contribution in [3.63, 3.8) is 0 Å². The summed E-state index contributed by atoms with van der Waals surface area (Å²) in [7, 11) is 5.92. The average molecular weight is 235 g/mol. The number of hydrogen-bond donors (Lipinski definition) is 0. The van der Waals surface area contributed by atoms with Crippen molar-refractivity contribution in [3.8, 4) is 5.75 Å². The second kappa shape index (κ2) is 5.09. The molecule has 1 aromatic carbocycles. The lowest BCUT2D eigenvalue weighted by Crippen LogP contribution is -2.19. The van der Waals surface area contributed by atoms with Gasteiger partial charge in [0.2, 0.25) is 0 Å². The van der Waals surface area contributed by atoms with Crippen molar-refractivity contribution in [2.75, 3.05) is 21.2 Å². The molecule has 2 nitrogen and oxygen atoms in total. The number of nitrogens with zero attached hydrogens (tertiary/aromatic N) is 1. The molecule has 0 aliphatic heterocycles. The molecule has 0 aliphatic rings. The van der Waals surface area contributed by atoms with Crippen LogP contribution in [-0.4, -0.2) is 26.1 Å². The minimum atomic E-state index is 0.174. The molecule has 0 aromatic heterocycles. The van der Waals surface area contributed by atoms with Gasteiger partial charge in [-0.15, -0.1) is 0 Å². The lowest BCUT2D eigenvalue weighted by molar-refractivity contribution is 0.307. The summed E-state index contributed by atoms with van der Waals surface area (Å²) >= 11 is 0. The Kier molecular flexibility index (Phi) is 4.21. The Balaban J connectivity index is 3.25. The van der Waals surface area contributed by atoms with Crippen molar-refractivity contribution in [3.05, 3.63) is 29.3 Å². The van der Waals surface area contributed by atoms with Crippen molar-refractivity contribution >= 4 is 0 Å². The Hall–Kier alpha value is -1.02. The van der Waals surface area contributed by atoms with Gasteiger partial charge in [0, 0.05) is 11.6 Å². The molecule has 1 aromatic rings. The highest BCUT2D eigenvalue weighted by Gasteiger charge is 2.19. The first-order valence-electron chi connectivity index (χ1n) is 6.12. The van der Waals surface area contributed by atoms with E-state index in [0.717, 1.165) is 5.75 Å². The van der Waals surface area contributed by atoms with Crippen molar-refractivity contribution in [2.24, 2.45) is 0 Å². The molecule has 0 heterocycles. The van der Waals surface area contributed by atoms with Gasteiger partial charge in [-0.2, -0.15) is 0 Å². The van der Waals surface area contributed by atoms with Crippen LogP contribution >= 0.6 is 0 Å². The molecular weight excluding hydrogens is 210 g/mol. The van der Waals surface area contributed by atoms with Crippen molar-refractivity contribution < 1.29 is 4.74 Å². The lowest BCUT2D eigenvalue weighted by atomic mass is 9.85. The van der Waals surface area contributed by atoms with E-state index >= 15 is 0 Å². The van der Waals surface area contributed by atoms with E-state index < -0.39 is 0 Å². The maximum absolute atomic E-state index is 5.46. The van der Waals surface area contributed by atoms with E-state index in [1.165, 1.54) is 11.1 Å². The number of benzene rings is 1. The van der Waals surface area contributed by atoms with Crippen LogP contribution in [0.5, 0.6) is 5.75 Å². The predicted molar refractivity (Wildman–Crippen MR) is 73.8 cm³/mol. The molecule has 0 saturated heterocycles. The minimum Gasteiger partial charge on any atom is -0.496 e. The van der Waals surface area contributed by atoms with E-state index in [4.69, 9.17) is 4.74 Å². The molecule has 17 heavy (non-hydrogen) atoms. The molecule has 1 rings (SSSR count). The summed E-state index contributed by atoms with van der Waals surface area (Å²) in [6.07, 6.45) is 0. The number of methoxy groups -OCH3 is 1. The third-order valence-electron chi connectivity index (χ3n) is 3.32. The fourth-order valence-electron chi connectivity index (χ4n) is 1.81. The van der Waals surface area contributed by atoms with Crippen LogP contribution in [-0.2, 0) is 5.41 Å². The molecule has 0 bridgehead atoms. The SMILES string of the molecule is COc1ccc(C(C)(C)C)cc1C(C)N(C)C. The zero-order chi connectivity index (χ0) is 13.2. The Morgan fingerprint density at radius 2 is 1.76 bits per heavy atom. The van der Waals surface area contributed by atoms with Gasteiger partial charge in [-0.1, -0.05) is 26.8 Å². The van der Waals surface area contributed by atoms with Crippen LogP contribution < -0.4 is 4.74 Å². The van der Waals surface area contributed by atoms with E-state index in [-0.39, 0.29) is 5.41 Å². The van der Waals surface area contributed by atoms with Crippen LogP contribution in [0.1, 0.15) is 44.9 Å². The zero-order valence-electron chi connectivity index (χ0n) is 12.2. The van der Waals surface area contributed by atoms with Gasteiger partial charge < -0.3 is 9.64 Å². The van der Waals surface area contributed by atoms with E-state index in [2.05, 4.69) is 64.9 Å². The highest BCUT2D eigenvalue weighted by molar-refractivity contribution is 5.41. The fourth-order valence-corrected chi connectivity index (χ4v) is 1.81. The normalized spacial score (nSPS) is 13.9. The highest BCUT2D eigenvalue weighted by Crippen LogP contribution is 2.32. The molecule has 1 unspecified atom stereocenters. The molecule has 0 amide bonds. The Bertz CT molecular complexity index is 377. The van der Waals surface area contributed by atoms with E-state index in [1.54, 1.807) is 7.11 Å². The summed E-state index contributed by atoms with van der Waals surface area (Å²) in [5, 5.41) is 0. The van der Waals surface area contributed by atoms with Crippen molar-refractivity contribution in [2.45, 2.75) is 39.2 Å². The molecule has 0 saturated carbocycles. The van der Waals surface area contributed by atoms with Crippen LogP contribution in [0, 0.1) is 0 Å². The molecule has 0 N–H and O–H groups in total. The highest BCUT2D eigenvalue weighted by atomic mass is 16.5. The molecule has 96 valence electrons. The Labute approximate surface area is 106 Å². The van der Waals surface area contributed by atoms with Gasteiger partial charge in [0.1, 0.15) is 5.75 Å². The first-order chi connectivity index (χ1) is 7.77. The summed E-state index contributed by atoms with van der Waals surface area (Å²) in [5.74, 6) is 0.971. The summed E-state index contributed by atoms with van der Waals surface area (Å²) in [4.78, 5) is 2.20. The number of ether oxygens (including phenoxy) is 1. The van der Waals surface area contributed by atoms with Gasteiger partial charge in [0.05, 0.1) is 7.11 Å². The first-order valence-corrected chi connectivity index (χ1v) is 6.12. The van der Waals surface area contributed by atoms with Gasteiger partial charge in [-0.05, 0) is 44.1 Å². The standard InChI is InChI=1S/C15H25NO/c1-11(16(5)6)13-10-12(15(2,3)4)8-9-14(13)17-7/h8-11H,1-7H3. The zero-order valence-corrected chi connectivity index (χ0v) is 12.2. The molecular formula is C15H25NO. The maximum Gasteiger partial charge on any atom is 0.123 e. The van der Waals surface area contributed by atoms with Gasteiger partial charge >= 0.3 is 0 Å². The number of hydrogen-bond acceptors (Lipinski definition) is 2. The van der Waals surface area contributed by atoms with E-state index in [0.29, 0.717) is 6.04 Å². The predicted octanol–water partition coefficient (Wildman–Crippen LogP) is 3.62. The van der Waals surface area contributed by atoms with E-state index in [9.17, 15) is 0 Å². The first kappa shape index (κ1) is 14.0. The monoisotopic (exact) mass is 235 g/mol. The van der Waals surface area contributed by atoms with Crippen LogP contribution in [0.25, 0.3) is 0 Å².